The van der Waals surface area contributed by atoms with E-state index in [0.717, 1.165) is 6.54 Å². The summed E-state index contributed by atoms with van der Waals surface area (Å²) in [5, 5.41) is 0.701. The highest BCUT2D eigenvalue weighted by molar-refractivity contribution is 7.15. The van der Waals surface area contributed by atoms with Gasteiger partial charge in [0.15, 0.2) is 5.13 Å². The molecule has 82 valence electrons. The lowest BCUT2D eigenvalue weighted by molar-refractivity contribution is 0.0503. The average Bonchev–Trinajstić information content (AvgIpc) is 2.72. The number of aromatic nitrogens is 1. The van der Waals surface area contributed by atoms with Gasteiger partial charge in [0.1, 0.15) is 0 Å². The third-order valence-electron chi connectivity index (χ3n) is 3.94. The highest BCUT2D eigenvalue weighted by Gasteiger charge is 2.45. The lowest BCUT2D eigenvalue weighted by Crippen LogP contribution is -2.48. The maximum Gasteiger partial charge on any atom is 0.180 e. The van der Waals surface area contributed by atoms with Crippen LogP contribution in [0, 0.1) is 0 Å². The maximum atomic E-state index is 5.66. The van der Waals surface area contributed by atoms with Crippen LogP contribution in [0.2, 0.25) is 0 Å². The Labute approximate surface area is 94.3 Å². The summed E-state index contributed by atoms with van der Waals surface area (Å²) in [4.78, 5) is 8.10. The molecule has 0 bridgehead atoms. The summed E-state index contributed by atoms with van der Waals surface area (Å²) < 4.78 is 0. The summed E-state index contributed by atoms with van der Waals surface area (Å²) in [6.45, 7) is 2.33. The third-order valence-corrected chi connectivity index (χ3v) is 4.75. The van der Waals surface area contributed by atoms with Crippen molar-refractivity contribution in [2.24, 2.45) is 0 Å². The summed E-state index contributed by atoms with van der Waals surface area (Å²) >= 11 is 1.63. The summed E-state index contributed by atoms with van der Waals surface area (Å²) in [5.41, 5.74) is 6.22. The summed E-state index contributed by atoms with van der Waals surface area (Å²) in [6, 6.07) is 0. The van der Waals surface area contributed by atoms with Crippen LogP contribution >= 0.6 is 11.3 Å². The minimum absolute atomic E-state index is 0.568. The minimum Gasteiger partial charge on any atom is -0.375 e. The molecule has 3 nitrogen and oxygen atoms in total. The van der Waals surface area contributed by atoms with Crippen LogP contribution in [0.3, 0.4) is 0 Å². The van der Waals surface area contributed by atoms with Crippen LogP contribution in [0.5, 0.6) is 0 Å². The third kappa shape index (κ3) is 1.56. The van der Waals surface area contributed by atoms with Crippen LogP contribution < -0.4 is 5.73 Å². The molecule has 1 aliphatic heterocycles. The number of nitrogens with zero attached hydrogens (tertiary/aromatic N) is 2. The summed E-state index contributed by atoms with van der Waals surface area (Å²) in [5.74, 6) is 0. The van der Waals surface area contributed by atoms with Gasteiger partial charge in [-0.05, 0) is 38.6 Å². The molecular weight excluding hydrogens is 206 g/mol. The molecule has 2 heterocycles. The Morgan fingerprint density at radius 1 is 1.40 bits per heavy atom. The zero-order valence-electron chi connectivity index (χ0n) is 8.91. The van der Waals surface area contributed by atoms with Crippen LogP contribution in [0.25, 0.3) is 0 Å². The zero-order valence-corrected chi connectivity index (χ0v) is 9.72. The molecule has 1 aromatic heterocycles. The van der Waals surface area contributed by atoms with Crippen molar-refractivity contribution in [3.8, 4) is 0 Å². The average molecular weight is 223 g/mol. The van der Waals surface area contributed by atoms with E-state index in [1.54, 1.807) is 11.3 Å². The number of hydrogen-bond acceptors (Lipinski definition) is 4. The lowest BCUT2D eigenvalue weighted by atomic mass is 9.75. The van der Waals surface area contributed by atoms with E-state index in [0.29, 0.717) is 10.7 Å². The monoisotopic (exact) mass is 223 g/mol. The van der Waals surface area contributed by atoms with Crippen molar-refractivity contribution in [3.05, 3.63) is 11.1 Å². The number of rotatable bonds is 2. The first kappa shape index (κ1) is 9.60. The molecule has 2 fully saturated rings. The number of anilines is 1. The van der Waals surface area contributed by atoms with Crippen molar-refractivity contribution in [1.82, 2.24) is 9.88 Å². The maximum absolute atomic E-state index is 5.66. The Morgan fingerprint density at radius 3 is 2.80 bits per heavy atom. The van der Waals surface area contributed by atoms with E-state index >= 15 is 0 Å². The van der Waals surface area contributed by atoms with E-state index < -0.39 is 0 Å². The van der Waals surface area contributed by atoms with E-state index in [1.165, 1.54) is 43.5 Å². The molecule has 1 saturated heterocycles. The Hall–Kier alpha value is -0.610. The first-order valence-electron chi connectivity index (χ1n) is 5.74. The highest BCUT2D eigenvalue weighted by atomic mass is 32.1. The molecule has 2 aliphatic rings. The van der Waals surface area contributed by atoms with Crippen LogP contribution in [-0.4, -0.2) is 22.0 Å². The Morgan fingerprint density at radius 2 is 2.20 bits per heavy atom. The van der Waals surface area contributed by atoms with Gasteiger partial charge in [0.2, 0.25) is 0 Å². The van der Waals surface area contributed by atoms with Crippen LogP contribution in [-0.2, 0) is 6.54 Å². The fraction of sp³-hybridized carbons (Fsp3) is 0.727. The fourth-order valence-corrected chi connectivity index (χ4v) is 3.68. The molecule has 1 aromatic rings. The largest absolute Gasteiger partial charge is 0.375 e. The molecule has 2 N–H and O–H groups in total. The second-order valence-corrected chi connectivity index (χ2v) is 5.91. The van der Waals surface area contributed by atoms with Gasteiger partial charge >= 0.3 is 0 Å². The van der Waals surface area contributed by atoms with Gasteiger partial charge in [0.25, 0.3) is 0 Å². The Kier molecular flexibility index (Phi) is 2.21. The van der Waals surface area contributed by atoms with Gasteiger partial charge in [0.05, 0.1) is 0 Å². The number of likely N-dealkylation sites (tertiary alicyclic amines) is 1. The molecular formula is C11H17N3S. The van der Waals surface area contributed by atoms with E-state index in [4.69, 9.17) is 5.73 Å². The molecule has 0 atom stereocenters. The van der Waals surface area contributed by atoms with Crippen molar-refractivity contribution in [1.29, 1.82) is 0 Å². The zero-order chi connectivity index (χ0) is 10.3. The molecule has 4 heteroatoms. The van der Waals surface area contributed by atoms with Crippen molar-refractivity contribution >= 4 is 16.5 Å². The van der Waals surface area contributed by atoms with Crippen molar-refractivity contribution < 1.29 is 0 Å². The highest BCUT2D eigenvalue weighted by Crippen LogP contribution is 2.46. The second kappa shape index (κ2) is 3.46. The number of nitrogen functional groups attached to an aromatic ring is 1. The quantitative estimate of drug-likeness (QED) is 0.836. The molecule has 1 aliphatic carbocycles. The van der Waals surface area contributed by atoms with Gasteiger partial charge in [0, 0.05) is 23.2 Å². The van der Waals surface area contributed by atoms with Gasteiger partial charge in [-0.15, -0.1) is 11.3 Å². The molecule has 0 amide bonds. The smallest absolute Gasteiger partial charge is 0.180 e. The molecule has 0 unspecified atom stereocenters. The van der Waals surface area contributed by atoms with E-state index in [1.807, 2.05) is 6.20 Å². The molecule has 0 radical (unpaired) electrons. The summed E-state index contributed by atoms with van der Waals surface area (Å²) in [7, 11) is 0. The van der Waals surface area contributed by atoms with Crippen LogP contribution in [0.15, 0.2) is 6.20 Å². The van der Waals surface area contributed by atoms with Gasteiger partial charge in [-0.25, -0.2) is 4.98 Å². The Bertz CT molecular complexity index is 356. The second-order valence-electron chi connectivity index (χ2n) is 4.77. The lowest BCUT2D eigenvalue weighted by Gasteiger charge is -2.45. The van der Waals surface area contributed by atoms with Gasteiger partial charge in [-0.1, -0.05) is 0 Å². The predicted octanol–water partition coefficient (Wildman–Crippen LogP) is 2.24. The number of hydrogen-bond donors (Lipinski definition) is 1. The van der Waals surface area contributed by atoms with Crippen molar-refractivity contribution in [2.75, 3.05) is 12.3 Å². The molecule has 3 rings (SSSR count). The standard InChI is InChI=1S/C11H17N3S/c12-10-13-7-9(15-10)8-14-6-2-5-11(14)3-1-4-11/h7H,1-6,8H2,(H2,12,13). The molecule has 1 spiro atoms. The summed E-state index contributed by atoms with van der Waals surface area (Å²) in [6.07, 6.45) is 8.93. The predicted molar refractivity (Wildman–Crippen MR) is 62.8 cm³/mol. The first-order valence-corrected chi connectivity index (χ1v) is 6.55. The van der Waals surface area contributed by atoms with Crippen LogP contribution in [0.1, 0.15) is 37.0 Å². The van der Waals surface area contributed by atoms with Crippen molar-refractivity contribution in [2.45, 2.75) is 44.2 Å². The molecule has 15 heavy (non-hydrogen) atoms. The van der Waals surface area contributed by atoms with Gasteiger partial charge < -0.3 is 5.73 Å². The minimum atomic E-state index is 0.568. The van der Waals surface area contributed by atoms with Crippen molar-refractivity contribution in [3.63, 3.8) is 0 Å². The topological polar surface area (TPSA) is 42.1 Å². The SMILES string of the molecule is Nc1ncc(CN2CCCC23CCC3)s1. The van der Waals surface area contributed by atoms with Gasteiger partial charge in [-0.2, -0.15) is 0 Å². The first-order chi connectivity index (χ1) is 7.28. The number of nitrogens with two attached hydrogens (primary N) is 1. The fourth-order valence-electron chi connectivity index (χ4n) is 2.98. The van der Waals surface area contributed by atoms with Gasteiger partial charge in [-0.3, -0.25) is 4.90 Å². The Balaban J connectivity index is 1.72. The van der Waals surface area contributed by atoms with Crippen LogP contribution in [0.4, 0.5) is 5.13 Å². The molecule has 1 saturated carbocycles. The number of thiazole rings is 1. The van der Waals surface area contributed by atoms with E-state index in [2.05, 4.69) is 9.88 Å². The van der Waals surface area contributed by atoms with E-state index in [9.17, 15) is 0 Å². The van der Waals surface area contributed by atoms with E-state index in [-0.39, 0.29) is 0 Å². The molecule has 0 aromatic carbocycles. The normalized spacial score (nSPS) is 24.5.